The Bertz CT molecular complexity index is 832. The molecule has 0 bridgehead atoms. The van der Waals surface area contributed by atoms with Crippen LogP contribution in [0.15, 0.2) is 48.5 Å². The molecule has 3 N–H and O–H groups in total. The van der Waals surface area contributed by atoms with E-state index in [1.165, 1.54) is 6.92 Å². The number of carbonyl (C=O) groups excluding carboxylic acids is 3. The standard InChI is InChI=1S/C21H26N4O3/c1-15(26)23-19-6-4-5-18(13-19)22-14-20(27)24-17-10-7-16(8-11-17)9-12-21(28)25(2)3/h4-8,10-11,13,22H,9,12,14H2,1-3H3,(H,23,26)(H,24,27). The van der Waals surface area contributed by atoms with Crippen molar-refractivity contribution in [3.63, 3.8) is 0 Å². The quantitative estimate of drug-likeness (QED) is 0.655. The van der Waals surface area contributed by atoms with Crippen molar-refractivity contribution in [1.82, 2.24) is 4.90 Å². The normalized spacial score (nSPS) is 10.1. The monoisotopic (exact) mass is 382 g/mol. The van der Waals surface area contributed by atoms with Crippen molar-refractivity contribution in [2.45, 2.75) is 19.8 Å². The van der Waals surface area contributed by atoms with Crippen LogP contribution in [-0.4, -0.2) is 43.3 Å². The molecule has 0 aliphatic heterocycles. The van der Waals surface area contributed by atoms with E-state index in [9.17, 15) is 14.4 Å². The van der Waals surface area contributed by atoms with Gasteiger partial charge in [0, 0.05) is 44.5 Å². The lowest BCUT2D eigenvalue weighted by Crippen LogP contribution is -2.22. The van der Waals surface area contributed by atoms with Gasteiger partial charge in [0.15, 0.2) is 0 Å². The van der Waals surface area contributed by atoms with Gasteiger partial charge in [-0.05, 0) is 42.3 Å². The van der Waals surface area contributed by atoms with Gasteiger partial charge in [-0.25, -0.2) is 0 Å². The highest BCUT2D eigenvalue weighted by Gasteiger charge is 2.06. The van der Waals surface area contributed by atoms with Crippen molar-refractivity contribution in [3.05, 3.63) is 54.1 Å². The van der Waals surface area contributed by atoms with Crippen LogP contribution in [0.2, 0.25) is 0 Å². The number of hydrogen-bond donors (Lipinski definition) is 3. The number of anilines is 3. The molecule has 148 valence electrons. The molecule has 0 aliphatic carbocycles. The third kappa shape index (κ3) is 7.11. The van der Waals surface area contributed by atoms with Gasteiger partial charge in [-0.2, -0.15) is 0 Å². The molecule has 0 radical (unpaired) electrons. The van der Waals surface area contributed by atoms with Gasteiger partial charge in [-0.3, -0.25) is 14.4 Å². The minimum atomic E-state index is -0.180. The lowest BCUT2D eigenvalue weighted by molar-refractivity contribution is -0.128. The fraction of sp³-hybridized carbons (Fsp3) is 0.286. The maximum Gasteiger partial charge on any atom is 0.243 e. The Balaban J connectivity index is 1.81. The molecule has 3 amide bonds. The average Bonchev–Trinajstić information content (AvgIpc) is 2.65. The summed E-state index contributed by atoms with van der Waals surface area (Å²) >= 11 is 0. The Morgan fingerprint density at radius 1 is 0.893 bits per heavy atom. The van der Waals surface area contributed by atoms with E-state index in [0.29, 0.717) is 24.2 Å². The lowest BCUT2D eigenvalue weighted by Gasteiger charge is -2.11. The van der Waals surface area contributed by atoms with Gasteiger partial charge in [0.1, 0.15) is 0 Å². The third-order valence-electron chi connectivity index (χ3n) is 4.00. The summed E-state index contributed by atoms with van der Waals surface area (Å²) in [5, 5.41) is 8.55. The molecule has 7 nitrogen and oxygen atoms in total. The highest BCUT2D eigenvalue weighted by molar-refractivity contribution is 5.94. The molecule has 2 aromatic rings. The second-order valence-corrected chi connectivity index (χ2v) is 6.65. The zero-order valence-electron chi connectivity index (χ0n) is 16.4. The van der Waals surface area contributed by atoms with Crippen molar-refractivity contribution in [2.75, 3.05) is 36.6 Å². The van der Waals surface area contributed by atoms with E-state index < -0.39 is 0 Å². The van der Waals surface area contributed by atoms with Crippen LogP contribution in [0.4, 0.5) is 17.1 Å². The van der Waals surface area contributed by atoms with Crippen LogP contribution in [0.3, 0.4) is 0 Å². The summed E-state index contributed by atoms with van der Waals surface area (Å²) in [7, 11) is 3.48. The van der Waals surface area contributed by atoms with E-state index in [4.69, 9.17) is 0 Å². The molecular formula is C21H26N4O3. The molecule has 0 saturated heterocycles. The summed E-state index contributed by atoms with van der Waals surface area (Å²) in [5.74, 6) is -0.240. The number of amides is 3. The summed E-state index contributed by atoms with van der Waals surface area (Å²) in [6.07, 6.45) is 1.12. The highest BCUT2D eigenvalue weighted by Crippen LogP contribution is 2.15. The van der Waals surface area contributed by atoms with Crippen LogP contribution >= 0.6 is 0 Å². The van der Waals surface area contributed by atoms with Crippen LogP contribution in [0.1, 0.15) is 18.9 Å². The molecule has 0 spiro atoms. The van der Waals surface area contributed by atoms with Crippen molar-refractivity contribution in [1.29, 1.82) is 0 Å². The predicted octanol–water partition coefficient (Wildman–Crippen LogP) is 2.72. The van der Waals surface area contributed by atoms with E-state index in [0.717, 1.165) is 11.3 Å². The van der Waals surface area contributed by atoms with Crippen LogP contribution < -0.4 is 16.0 Å². The van der Waals surface area contributed by atoms with Gasteiger partial charge < -0.3 is 20.9 Å². The number of nitrogens with zero attached hydrogens (tertiary/aromatic N) is 1. The smallest absolute Gasteiger partial charge is 0.243 e. The molecule has 0 aliphatic rings. The fourth-order valence-corrected chi connectivity index (χ4v) is 2.53. The Morgan fingerprint density at radius 2 is 1.57 bits per heavy atom. The molecule has 0 unspecified atom stereocenters. The molecule has 0 heterocycles. The molecular weight excluding hydrogens is 356 g/mol. The van der Waals surface area contributed by atoms with E-state index in [2.05, 4.69) is 16.0 Å². The molecule has 2 aromatic carbocycles. The number of carbonyl (C=O) groups is 3. The van der Waals surface area contributed by atoms with Crippen molar-refractivity contribution in [2.24, 2.45) is 0 Å². The molecule has 7 heteroatoms. The fourth-order valence-electron chi connectivity index (χ4n) is 2.53. The number of aryl methyl sites for hydroxylation is 1. The van der Waals surface area contributed by atoms with E-state index in [1.54, 1.807) is 37.2 Å². The summed E-state index contributed by atoms with van der Waals surface area (Å²) in [6.45, 7) is 1.54. The largest absolute Gasteiger partial charge is 0.376 e. The summed E-state index contributed by atoms with van der Waals surface area (Å²) in [4.78, 5) is 36.4. The Hall–Kier alpha value is -3.35. The van der Waals surface area contributed by atoms with Gasteiger partial charge in [-0.15, -0.1) is 0 Å². The third-order valence-corrected chi connectivity index (χ3v) is 4.00. The predicted molar refractivity (Wildman–Crippen MR) is 111 cm³/mol. The minimum Gasteiger partial charge on any atom is -0.376 e. The van der Waals surface area contributed by atoms with Crippen LogP contribution in [-0.2, 0) is 20.8 Å². The molecule has 28 heavy (non-hydrogen) atoms. The van der Waals surface area contributed by atoms with Gasteiger partial charge in [0.2, 0.25) is 17.7 Å². The van der Waals surface area contributed by atoms with Gasteiger partial charge >= 0.3 is 0 Å². The zero-order valence-corrected chi connectivity index (χ0v) is 16.4. The van der Waals surface area contributed by atoms with E-state index >= 15 is 0 Å². The van der Waals surface area contributed by atoms with Gasteiger partial charge in [0.25, 0.3) is 0 Å². The average molecular weight is 382 g/mol. The van der Waals surface area contributed by atoms with Crippen molar-refractivity contribution in [3.8, 4) is 0 Å². The Morgan fingerprint density at radius 3 is 2.21 bits per heavy atom. The topological polar surface area (TPSA) is 90.5 Å². The minimum absolute atomic E-state index is 0.0889. The lowest BCUT2D eigenvalue weighted by atomic mass is 10.1. The SMILES string of the molecule is CC(=O)Nc1cccc(NCC(=O)Nc2ccc(CCC(=O)N(C)C)cc2)c1. The number of nitrogens with one attached hydrogen (secondary N) is 3. The van der Waals surface area contributed by atoms with Crippen LogP contribution in [0.5, 0.6) is 0 Å². The Kier molecular flexibility index (Phi) is 7.56. The zero-order chi connectivity index (χ0) is 20.5. The van der Waals surface area contributed by atoms with Gasteiger partial charge in [-0.1, -0.05) is 18.2 Å². The first-order valence-electron chi connectivity index (χ1n) is 9.04. The number of rotatable bonds is 8. The molecule has 0 saturated carbocycles. The maximum absolute atomic E-state index is 12.1. The maximum atomic E-state index is 12.1. The number of hydrogen-bond acceptors (Lipinski definition) is 4. The molecule has 0 fully saturated rings. The highest BCUT2D eigenvalue weighted by atomic mass is 16.2. The summed E-state index contributed by atoms with van der Waals surface area (Å²) in [6, 6.07) is 14.6. The van der Waals surface area contributed by atoms with Crippen LogP contribution in [0.25, 0.3) is 0 Å². The molecule has 0 aromatic heterocycles. The second kappa shape index (κ2) is 10.1. The van der Waals surface area contributed by atoms with Gasteiger partial charge in [0.05, 0.1) is 6.54 Å². The molecule has 2 rings (SSSR count). The number of benzene rings is 2. The Labute approximate surface area is 165 Å². The molecule has 0 atom stereocenters. The van der Waals surface area contributed by atoms with Crippen LogP contribution in [0, 0.1) is 0 Å². The van der Waals surface area contributed by atoms with E-state index in [1.807, 2.05) is 30.3 Å². The van der Waals surface area contributed by atoms with E-state index in [-0.39, 0.29) is 24.3 Å². The first-order valence-corrected chi connectivity index (χ1v) is 9.04. The first kappa shape index (κ1) is 21.0. The summed E-state index contributed by atoms with van der Waals surface area (Å²) in [5.41, 5.74) is 3.14. The second-order valence-electron chi connectivity index (χ2n) is 6.65. The van der Waals surface area contributed by atoms with Crippen molar-refractivity contribution < 1.29 is 14.4 Å². The van der Waals surface area contributed by atoms with Crippen molar-refractivity contribution >= 4 is 34.8 Å². The summed E-state index contributed by atoms with van der Waals surface area (Å²) < 4.78 is 0. The first-order chi connectivity index (χ1) is 13.3.